The van der Waals surface area contributed by atoms with Crippen molar-refractivity contribution < 1.29 is 14.6 Å². The fourth-order valence-corrected chi connectivity index (χ4v) is 2.31. The Bertz CT molecular complexity index is 455. The van der Waals surface area contributed by atoms with Gasteiger partial charge in [0.2, 0.25) is 6.79 Å². The van der Waals surface area contributed by atoms with E-state index >= 15 is 0 Å². The maximum Gasteiger partial charge on any atom is 0.231 e. The van der Waals surface area contributed by atoms with E-state index in [-0.39, 0.29) is 5.41 Å². The van der Waals surface area contributed by atoms with Gasteiger partial charge in [-0.3, -0.25) is 0 Å². The summed E-state index contributed by atoms with van der Waals surface area (Å²) in [6.45, 7) is 4.39. The van der Waals surface area contributed by atoms with Gasteiger partial charge in [-0.1, -0.05) is 0 Å². The lowest BCUT2D eigenvalue weighted by Crippen LogP contribution is -2.26. The maximum atomic E-state index is 9.26. The van der Waals surface area contributed by atoms with Gasteiger partial charge < -0.3 is 19.9 Å². The number of rotatable bonds is 5. The van der Waals surface area contributed by atoms with Crippen LogP contribution in [0.2, 0.25) is 0 Å². The second kappa shape index (κ2) is 4.44. The van der Waals surface area contributed by atoms with Crippen LogP contribution in [-0.2, 0) is 6.54 Å². The van der Waals surface area contributed by atoms with E-state index in [0.29, 0.717) is 13.4 Å². The third-order valence-electron chi connectivity index (χ3n) is 3.94. The number of hydrogen-bond donors (Lipinski definition) is 2. The highest BCUT2D eigenvalue weighted by Gasteiger charge is 2.41. The summed E-state index contributed by atoms with van der Waals surface area (Å²) in [5, 5.41) is 12.7. The third kappa shape index (κ3) is 2.18. The number of aryl methyl sites for hydroxylation is 1. The molecule has 1 fully saturated rings. The molecule has 4 heteroatoms. The molecule has 1 aromatic rings. The van der Waals surface area contributed by atoms with Crippen LogP contribution in [-0.4, -0.2) is 25.1 Å². The van der Waals surface area contributed by atoms with Crippen molar-refractivity contribution in [3.63, 3.8) is 0 Å². The van der Waals surface area contributed by atoms with Crippen molar-refractivity contribution in [1.29, 1.82) is 0 Å². The van der Waals surface area contributed by atoms with Gasteiger partial charge >= 0.3 is 0 Å². The van der Waals surface area contributed by atoms with Gasteiger partial charge in [0.1, 0.15) is 0 Å². The van der Waals surface area contributed by atoms with E-state index in [1.807, 2.05) is 12.1 Å². The van der Waals surface area contributed by atoms with Gasteiger partial charge in [-0.2, -0.15) is 0 Å². The molecule has 0 aromatic heterocycles. The van der Waals surface area contributed by atoms with Gasteiger partial charge in [0.25, 0.3) is 0 Å². The van der Waals surface area contributed by atoms with Gasteiger partial charge in [-0.05, 0) is 43.0 Å². The maximum absolute atomic E-state index is 9.26. The highest BCUT2D eigenvalue weighted by Crippen LogP contribution is 2.44. The number of fused-ring (bicyclic) bond motifs is 1. The molecule has 0 saturated heterocycles. The van der Waals surface area contributed by atoms with Crippen LogP contribution in [0, 0.1) is 12.3 Å². The Labute approximate surface area is 107 Å². The van der Waals surface area contributed by atoms with Gasteiger partial charge in [0.05, 0.1) is 0 Å². The molecule has 0 spiro atoms. The van der Waals surface area contributed by atoms with Crippen molar-refractivity contribution in [2.75, 3.05) is 19.9 Å². The molecule has 0 radical (unpaired) electrons. The average Bonchev–Trinajstić information content (AvgIpc) is 3.01. The topological polar surface area (TPSA) is 50.7 Å². The predicted octanol–water partition coefficient (Wildman–Crippen LogP) is 1.59. The number of nitrogens with one attached hydrogen (secondary N) is 1. The molecular formula is C14H19NO3. The Hall–Kier alpha value is -1.26. The largest absolute Gasteiger partial charge is 0.454 e. The zero-order valence-electron chi connectivity index (χ0n) is 10.7. The standard InChI is InChI=1S/C14H19NO3/c1-10-4-12-13(18-9-17-12)5-11(10)6-15-7-14(8-16)2-3-14/h4-5,15-16H,2-3,6-9H2,1H3. The normalized spacial score (nSPS) is 19.0. The van der Waals surface area contributed by atoms with Crippen LogP contribution in [0.25, 0.3) is 0 Å². The molecular weight excluding hydrogens is 230 g/mol. The van der Waals surface area contributed by atoms with Crippen LogP contribution in [0.1, 0.15) is 24.0 Å². The molecule has 18 heavy (non-hydrogen) atoms. The summed E-state index contributed by atoms with van der Waals surface area (Å²) in [7, 11) is 0. The van der Waals surface area contributed by atoms with Crippen molar-refractivity contribution in [3.8, 4) is 11.5 Å². The summed E-state index contributed by atoms with van der Waals surface area (Å²) in [6.07, 6.45) is 2.27. The van der Waals surface area contributed by atoms with Gasteiger partial charge in [-0.15, -0.1) is 0 Å². The summed E-state index contributed by atoms with van der Waals surface area (Å²) in [4.78, 5) is 0. The van der Waals surface area contributed by atoms with E-state index < -0.39 is 0 Å². The molecule has 1 heterocycles. The fraction of sp³-hybridized carbons (Fsp3) is 0.571. The number of hydrogen-bond acceptors (Lipinski definition) is 4. The van der Waals surface area contributed by atoms with E-state index in [2.05, 4.69) is 12.2 Å². The van der Waals surface area contributed by atoms with E-state index in [1.165, 1.54) is 11.1 Å². The number of ether oxygens (including phenoxy) is 2. The van der Waals surface area contributed by atoms with Crippen LogP contribution < -0.4 is 14.8 Å². The average molecular weight is 249 g/mol. The molecule has 0 unspecified atom stereocenters. The number of benzene rings is 1. The molecule has 2 N–H and O–H groups in total. The molecule has 0 amide bonds. The lowest BCUT2D eigenvalue weighted by atomic mass is 10.1. The molecule has 1 aliphatic carbocycles. The highest BCUT2D eigenvalue weighted by molar-refractivity contribution is 5.48. The second-order valence-corrected chi connectivity index (χ2v) is 5.39. The first-order valence-corrected chi connectivity index (χ1v) is 6.43. The van der Waals surface area contributed by atoms with Gasteiger partial charge in [0.15, 0.2) is 11.5 Å². The van der Waals surface area contributed by atoms with Crippen LogP contribution >= 0.6 is 0 Å². The summed E-state index contributed by atoms with van der Waals surface area (Å²) in [5.41, 5.74) is 2.60. The first-order chi connectivity index (χ1) is 8.72. The predicted molar refractivity (Wildman–Crippen MR) is 67.8 cm³/mol. The van der Waals surface area contributed by atoms with Crippen LogP contribution in [0.15, 0.2) is 12.1 Å². The van der Waals surface area contributed by atoms with Crippen molar-refractivity contribution in [2.24, 2.45) is 5.41 Å². The smallest absolute Gasteiger partial charge is 0.231 e. The number of aliphatic hydroxyl groups excluding tert-OH is 1. The quantitative estimate of drug-likeness (QED) is 0.832. The minimum Gasteiger partial charge on any atom is -0.454 e. The van der Waals surface area contributed by atoms with E-state index in [9.17, 15) is 5.11 Å². The molecule has 3 rings (SSSR count). The monoisotopic (exact) mass is 249 g/mol. The molecule has 98 valence electrons. The summed E-state index contributed by atoms with van der Waals surface area (Å²) < 4.78 is 10.7. The van der Waals surface area contributed by atoms with Crippen molar-refractivity contribution >= 4 is 0 Å². The summed E-state index contributed by atoms with van der Waals surface area (Å²) >= 11 is 0. The van der Waals surface area contributed by atoms with Gasteiger partial charge in [0, 0.05) is 25.1 Å². The fourth-order valence-electron chi connectivity index (χ4n) is 2.31. The summed E-state index contributed by atoms with van der Waals surface area (Å²) in [5.74, 6) is 1.67. The van der Waals surface area contributed by atoms with E-state index in [0.717, 1.165) is 37.4 Å². The first-order valence-electron chi connectivity index (χ1n) is 6.43. The molecule has 0 atom stereocenters. The lowest BCUT2D eigenvalue weighted by molar-refractivity contribution is 0.174. The molecule has 1 aliphatic heterocycles. The Morgan fingerprint density at radius 1 is 1.28 bits per heavy atom. The third-order valence-corrected chi connectivity index (χ3v) is 3.94. The van der Waals surface area contributed by atoms with Crippen molar-refractivity contribution in [3.05, 3.63) is 23.3 Å². The molecule has 0 bridgehead atoms. The Morgan fingerprint density at radius 3 is 2.67 bits per heavy atom. The van der Waals surface area contributed by atoms with Crippen LogP contribution in [0.5, 0.6) is 11.5 Å². The molecule has 2 aliphatic rings. The molecule has 1 saturated carbocycles. The minimum atomic E-state index is 0.157. The zero-order chi connectivity index (χ0) is 12.6. The van der Waals surface area contributed by atoms with Crippen LogP contribution in [0.3, 0.4) is 0 Å². The molecule has 4 nitrogen and oxygen atoms in total. The minimum absolute atomic E-state index is 0.157. The SMILES string of the molecule is Cc1cc2c(cc1CNCC1(CO)CC1)OCO2. The molecule has 1 aromatic carbocycles. The zero-order valence-corrected chi connectivity index (χ0v) is 10.7. The van der Waals surface area contributed by atoms with Crippen molar-refractivity contribution in [2.45, 2.75) is 26.3 Å². The Balaban J connectivity index is 1.62. The van der Waals surface area contributed by atoms with Crippen molar-refractivity contribution in [1.82, 2.24) is 5.32 Å². The van der Waals surface area contributed by atoms with E-state index in [4.69, 9.17) is 9.47 Å². The van der Waals surface area contributed by atoms with E-state index in [1.54, 1.807) is 0 Å². The highest BCUT2D eigenvalue weighted by atomic mass is 16.7. The lowest BCUT2D eigenvalue weighted by Gasteiger charge is -2.14. The second-order valence-electron chi connectivity index (χ2n) is 5.39. The van der Waals surface area contributed by atoms with Crippen LogP contribution in [0.4, 0.5) is 0 Å². The summed E-state index contributed by atoms with van der Waals surface area (Å²) in [6, 6.07) is 4.07. The number of aliphatic hydroxyl groups is 1. The first kappa shape index (κ1) is 11.8. The Morgan fingerprint density at radius 2 is 2.00 bits per heavy atom. The Kier molecular flexibility index (Phi) is 2.92. The van der Waals surface area contributed by atoms with Gasteiger partial charge in [-0.25, -0.2) is 0 Å².